The van der Waals surface area contributed by atoms with Gasteiger partial charge >= 0.3 is 0 Å². The number of carbonyl (C=O) groups is 2. The third kappa shape index (κ3) is 8.71. The van der Waals surface area contributed by atoms with Crippen LogP contribution in [0.3, 0.4) is 0 Å². The highest BCUT2D eigenvalue weighted by atomic mass is 32.1. The van der Waals surface area contributed by atoms with Crippen molar-refractivity contribution in [1.82, 2.24) is 10.6 Å². The van der Waals surface area contributed by atoms with Gasteiger partial charge in [-0.3, -0.25) is 9.59 Å². The number of rotatable bonds is 16. The number of thiocarbonyl (C=S) groups is 1. The normalized spacial score (nSPS) is 16.3. The Bertz CT molecular complexity index is 445. The first-order valence-corrected chi connectivity index (χ1v) is 11.6. The molecule has 0 aromatic carbocycles. The number of hydrogen-bond donors (Lipinski definition) is 2. The minimum absolute atomic E-state index is 0.145. The molecular formula is C22H40N2O2S. The molecule has 0 aromatic heterocycles. The Morgan fingerprint density at radius 1 is 0.630 bits per heavy atom. The lowest BCUT2D eigenvalue weighted by molar-refractivity contribution is -0.144. The number of carbonyl (C=O) groups excluding carboxylic acids is 2. The van der Waals surface area contributed by atoms with Gasteiger partial charge in [0.05, 0.1) is 0 Å². The monoisotopic (exact) mass is 396 g/mol. The minimum atomic E-state index is -0.920. The molecule has 0 bridgehead atoms. The van der Waals surface area contributed by atoms with E-state index >= 15 is 0 Å². The van der Waals surface area contributed by atoms with Crippen LogP contribution in [0, 0.1) is 5.41 Å². The van der Waals surface area contributed by atoms with Crippen LogP contribution in [0.25, 0.3) is 0 Å². The van der Waals surface area contributed by atoms with Crippen LogP contribution in [0.1, 0.15) is 117 Å². The average Bonchev–Trinajstić information content (AvgIpc) is 2.64. The van der Waals surface area contributed by atoms with Gasteiger partial charge in [-0.15, -0.1) is 0 Å². The highest BCUT2D eigenvalue weighted by Gasteiger charge is 2.47. The zero-order chi connectivity index (χ0) is 20.0. The summed E-state index contributed by atoms with van der Waals surface area (Å²) in [7, 11) is 0. The van der Waals surface area contributed by atoms with E-state index in [9.17, 15) is 9.59 Å². The number of unbranched alkanes of at least 4 members (excludes halogenated alkanes) is 12. The van der Waals surface area contributed by atoms with Crippen molar-refractivity contribution < 1.29 is 9.59 Å². The average molecular weight is 397 g/mol. The van der Waals surface area contributed by atoms with Crippen molar-refractivity contribution in [3.05, 3.63) is 0 Å². The van der Waals surface area contributed by atoms with E-state index in [0.29, 0.717) is 12.8 Å². The molecule has 156 valence electrons. The van der Waals surface area contributed by atoms with Gasteiger partial charge in [-0.05, 0) is 25.1 Å². The Morgan fingerprint density at radius 2 is 1.00 bits per heavy atom. The van der Waals surface area contributed by atoms with Gasteiger partial charge in [0.2, 0.25) is 11.8 Å². The van der Waals surface area contributed by atoms with Gasteiger partial charge in [-0.1, -0.05) is 104 Å². The Kier molecular flexibility index (Phi) is 12.6. The summed E-state index contributed by atoms with van der Waals surface area (Å²) in [6.45, 7) is 4.34. The maximum Gasteiger partial charge on any atom is 0.241 e. The second-order valence-electron chi connectivity index (χ2n) is 8.06. The van der Waals surface area contributed by atoms with Crippen LogP contribution in [0.5, 0.6) is 0 Å². The second-order valence-corrected chi connectivity index (χ2v) is 8.47. The van der Waals surface area contributed by atoms with Crippen LogP contribution in [0.4, 0.5) is 0 Å². The van der Waals surface area contributed by atoms with E-state index in [2.05, 4.69) is 24.5 Å². The van der Waals surface area contributed by atoms with Crippen molar-refractivity contribution in [2.24, 2.45) is 5.41 Å². The molecule has 1 saturated heterocycles. The Labute approximate surface area is 171 Å². The maximum absolute atomic E-state index is 12.5. The fourth-order valence-corrected chi connectivity index (χ4v) is 4.09. The Hall–Kier alpha value is -0.970. The van der Waals surface area contributed by atoms with Gasteiger partial charge in [0, 0.05) is 0 Å². The molecule has 1 fully saturated rings. The molecule has 1 aliphatic heterocycles. The molecule has 1 rings (SSSR count). The summed E-state index contributed by atoms with van der Waals surface area (Å²) in [5.74, 6) is -0.402. The molecule has 0 aromatic rings. The Balaban J connectivity index is 2.20. The van der Waals surface area contributed by atoms with Gasteiger partial charge in [-0.25, -0.2) is 0 Å². The molecule has 1 aliphatic rings. The lowest BCUT2D eigenvalue weighted by Crippen LogP contribution is -2.62. The van der Waals surface area contributed by atoms with Crippen LogP contribution in [0.15, 0.2) is 0 Å². The lowest BCUT2D eigenvalue weighted by Gasteiger charge is -2.35. The molecule has 2 N–H and O–H groups in total. The largest absolute Gasteiger partial charge is 0.302 e. The zero-order valence-electron chi connectivity index (χ0n) is 17.5. The first-order chi connectivity index (χ1) is 13.1. The molecule has 0 atom stereocenters. The SMILES string of the molecule is CCCCCCCCCCCCCCC1(CCCC)C(=O)NC(=S)NC1=O. The van der Waals surface area contributed by atoms with Crippen LogP contribution >= 0.6 is 12.2 Å². The smallest absolute Gasteiger partial charge is 0.241 e. The number of amides is 2. The lowest BCUT2D eigenvalue weighted by atomic mass is 9.75. The summed E-state index contributed by atoms with van der Waals surface area (Å²) in [6, 6.07) is 0. The second kappa shape index (κ2) is 14.1. The fraction of sp³-hybridized carbons (Fsp3) is 0.864. The van der Waals surface area contributed by atoms with Crippen molar-refractivity contribution in [2.45, 2.75) is 117 Å². The van der Waals surface area contributed by atoms with E-state index in [0.717, 1.165) is 25.7 Å². The summed E-state index contributed by atoms with van der Waals surface area (Å²) < 4.78 is 0. The predicted octanol–water partition coefficient (Wildman–Crippen LogP) is 5.79. The summed E-state index contributed by atoms with van der Waals surface area (Å²) in [5, 5.41) is 5.47. The maximum atomic E-state index is 12.5. The van der Waals surface area contributed by atoms with E-state index in [4.69, 9.17) is 12.2 Å². The highest BCUT2D eigenvalue weighted by Crippen LogP contribution is 2.34. The molecule has 4 nitrogen and oxygen atoms in total. The van der Waals surface area contributed by atoms with E-state index < -0.39 is 5.41 Å². The van der Waals surface area contributed by atoms with Crippen molar-refractivity contribution in [2.75, 3.05) is 0 Å². The first kappa shape index (κ1) is 24.1. The topological polar surface area (TPSA) is 58.2 Å². The molecule has 0 radical (unpaired) electrons. The first-order valence-electron chi connectivity index (χ1n) is 11.2. The van der Waals surface area contributed by atoms with Gasteiger partial charge in [-0.2, -0.15) is 0 Å². The summed E-state index contributed by atoms with van der Waals surface area (Å²) >= 11 is 4.95. The third-order valence-electron chi connectivity index (χ3n) is 5.74. The van der Waals surface area contributed by atoms with E-state index in [1.54, 1.807) is 0 Å². The molecular weight excluding hydrogens is 356 g/mol. The molecule has 2 amide bonds. The van der Waals surface area contributed by atoms with Gasteiger partial charge in [0.25, 0.3) is 0 Å². The molecule has 0 spiro atoms. The Morgan fingerprint density at radius 3 is 1.44 bits per heavy atom. The van der Waals surface area contributed by atoms with Gasteiger partial charge in [0.1, 0.15) is 5.41 Å². The van der Waals surface area contributed by atoms with Crippen LogP contribution in [0.2, 0.25) is 0 Å². The predicted molar refractivity (Wildman–Crippen MR) is 117 cm³/mol. The quantitative estimate of drug-likeness (QED) is 0.197. The summed E-state index contributed by atoms with van der Waals surface area (Å²) in [4.78, 5) is 25.0. The van der Waals surface area contributed by atoms with Crippen molar-refractivity contribution in [3.8, 4) is 0 Å². The van der Waals surface area contributed by atoms with Crippen molar-refractivity contribution in [1.29, 1.82) is 0 Å². The molecule has 1 heterocycles. The molecule has 5 heteroatoms. The van der Waals surface area contributed by atoms with E-state index in [-0.39, 0.29) is 16.9 Å². The van der Waals surface area contributed by atoms with Crippen LogP contribution in [-0.4, -0.2) is 16.9 Å². The zero-order valence-corrected chi connectivity index (χ0v) is 18.4. The molecule has 27 heavy (non-hydrogen) atoms. The summed E-state index contributed by atoms with van der Waals surface area (Å²) in [6.07, 6.45) is 18.4. The van der Waals surface area contributed by atoms with E-state index in [1.165, 1.54) is 64.2 Å². The number of nitrogens with one attached hydrogen (secondary N) is 2. The van der Waals surface area contributed by atoms with Crippen molar-refractivity contribution in [3.63, 3.8) is 0 Å². The highest BCUT2D eigenvalue weighted by molar-refractivity contribution is 7.80. The minimum Gasteiger partial charge on any atom is -0.302 e. The molecule has 0 aliphatic carbocycles. The van der Waals surface area contributed by atoms with Crippen LogP contribution in [-0.2, 0) is 9.59 Å². The van der Waals surface area contributed by atoms with Crippen LogP contribution < -0.4 is 10.6 Å². The molecule has 0 saturated carbocycles. The summed E-state index contributed by atoms with van der Waals surface area (Å²) in [5.41, 5.74) is -0.920. The van der Waals surface area contributed by atoms with E-state index in [1.807, 2.05) is 0 Å². The fourth-order valence-electron chi connectivity index (χ4n) is 3.91. The molecule has 0 unspecified atom stereocenters. The van der Waals surface area contributed by atoms with Crippen molar-refractivity contribution >= 4 is 29.1 Å². The third-order valence-corrected chi connectivity index (χ3v) is 5.94. The van der Waals surface area contributed by atoms with Gasteiger partial charge in [0.15, 0.2) is 5.11 Å². The van der Waals surface area contributed by atoms with Gasteiger partial charge < -0.3 is 10.6 Å². The number of hydrogen-bond acceptors (Lipinski definition) is 3. The standard InChI is InChI=1S/C22H40N2O2S/c1-3-5-7-8-9-10-11-12-13-14-15-16-18-22(17-6-4-2)19(25)23-21(27)24-20(22)26/h3-18H2,1-2H3,(H2,23,24,25,26,27).